The largest absolute Gasteiger partial charge is 0.505 e. The van der Waals surface area contributed by atoms with E-state index in [1.165, 1.54) is 36.4 Å². The van der Waals surface area contributed by atoms with Gasteiger partial charge in [0, 0.05) is 35.4 Å². The Hall–Kier alpha value is -10.1. The zero-order chi connectivity index (χ0) is 61.0. The van der Waals surface area contributed by atoms with E-state index in [2.05, 4.69) is 82.3 Å². The maximum atomic E-state index is 12.8. The van der Waals surface area contributed by atoms with Crippen LogP contribution in [-0.4, -0.2) is 171 Å². The zero-order valence-electron chi connectivity index (χ0n) is 44.9. The quantitative estimate of drug-likeness (QED) is 0.0105. The molecule has 32 heteroatoms. The molecule has 8 aromatic rings. The van der Waals surface area contributed by atoms with E-state index in [1.54, 1.807) is 72.8 Å². The zero-order valence-corrected chi connectivity index (χ0v) is 46.6. The first-order chi connectivity index (χ1) is 41.7. The van der Waals surface area contributed by atoms with Gasteiger partial charge < -0.3 is 82.2 Å². The summed E-state index contributed by atoms with van der Waals surface area (Å²) >= 11 is 0. The van der Waals surface area contributed by atoms with Crippen LogP contribution in [0.2, 0.25) is 0 Å². The predicted molar refractivity (Wildman–Crippen MR) is 320 cm³/mol. The summed E-state index contributed by atoms with van der Waals surface area (Å²) in [5.41, 5.74) is 0.511. The van der Waals surface area contributed by atoms with Crippen molar-refractivity contribution in [2.45, 2.75) is 12.1 Å². The number of phenols is 2. The molecule has 0 aliphatic rings. The van der Waals surface area contributed by atoms with Gasteiger partial charge in [0.15, 0.2) is 11.5 Å². The summed E-state index contributed by atoms with van der Waals surface area (Å²) in [6.45, 7) is 0.318. The molecule has 14 N–H and O–H groups in total. The number of aromatic hydroxyl groups is 2. The molecular formula is C54H54N16O14S2. The molecule has 0 saturated heterocycles. The van der Waals surface area contributed by atoms with Gasteiger partial charge in [-0.2, -0.15) is 29.9 Å². The fraction of sp³-hybridized carbons (Fsp3) is 0.222. The monoisotopic (exact) mass is 1210 g/mol. The molecule has 30 nitrogen and oxygen atoms in total. The molecule has 86 heavy (non-hydrogen) atoms. The Labute approximate surface area is 494 Å². The van der Waals surface area contributed by atoms with Gasteiger partial charge in [-0.1, -0.05) is 82.3 Å². The number of fused-ring (bicyclic) bond motifs is 2. The van der Waals surface area contributed by atoms with E-state index in [0.29, 0.717) is 10.8 Å². The lowest BCUT2D eigenvalue weighted by molar-refractivity contribution is -0.138. The number of aliphatic hydroxyl groups excluding tert-OH is 2. The van der Waals surface area contributed by atoms with Gasteiger partial charge in [-0.05, 0) is 59.3 Å². The number of aliphatic carboxylic acids is 2. The molecule has 2 aromatic heterocycles. The minimum atomic E-state index is -1.37. The van der Waals surface area contributed by atoms with E-state index in [0.717, 1.165) is 21.6 Å². The summed E-state index contributed by atoms with van der Waals surface area (Å²) in [6, 6.07) is 25.6. The minimum Gasteiger partial charge on any atom is -0.505 e. The number of benzene rings is 6. The summed E-state index contributed by atoms with van der Waals surface area (Å²) in [5, 5.41) is 117. The third-order valence-electron chi connectivity index (χ3n) is 11.8. The molecule has 6 aromatic carbocycles. The van der Waals surface area contributed by atoms with Crippen molar-refractivity contribution >= 4 is 137 Å². The van der Waals surface area contributed by atoms with E-state index in [9.17, 15) is 49.8 Å². The van der Waals surface area contributed by atoms with Crippen LogP contribution in [0.5, 0.6) is 11.5 Å². The molecule has 0 saturated carbocycles. The molecule has 2 atom stereocenters. The summed E-state index contributed by atoms with van der Waals surface area (Å²) in [7, 11) is 2.05. The number of carbonyl (C=O) groups is 4. The molecule has 2 unspecified atom stereocenters. The fourth-order valence-electron chi connectivity index (χ4n) is 7.86. The van der Waals surface area contributed by atoms with Gasteiger partial charge in [0.05, 0.1) is 62.1 Å². The molecule has 0 fully saturated rings. The number of carboxylic acid groups (broad SMARTS) is 4. The van der Waals surface area contributed by atoms with Gasteiger partial charge in [0.1, 0.15) is 34.8 Å². The maximum Gasteiger partial charge on any atom is 0.337 e. The normalized spacial score (nSPS) is 12.1. The van der Waals surface area contributed by atoms with Gasteiger partial charge in [0.25, 0.3) is 0 Å². The van der Waals surface area contributed by atoms with Gasteiger partial charge >= 0.3 is 23.9 Å². The van der Waals surface area contributed by atoms with Crippen LogP contribution in [0.4, 0.5) is 69.8 Å². The number of rotatable bonds is 33. The van der Waals surface area contributed by atoms with Gasteiger partial charge in [-0.15, -0.1) is 20.5 Å². The number of ether oxygens (including phenoxy) is 2. The lowest BCUT2D eigenvalue weighted by atomic mass is 10.1. The number of phenolic OH excluding ortho intramolecular Hbond substituents is 2. The van der Waals surface area contributed by atoms with Crippen LogP contribution < -0.4 is 31.9 Å². The van der Waals surface area contributed by atoms with Crippen LogP contribution in [0.1, 0.15) is 20.7 Å². The molecule has 0 aliphatic heterocycles. The number of aromatic carboxylic acids is 2. The molecule has 2 heterocycles. The highest BCUT2D eigenvalue weighted by molar-refractivity contribution is 8.76. The lowest BCUT2D eigenvalue weighted by Gasteiger charge is -2.18. The van der Waals surface area contributed by atoms with Crippen molar-refractivity contribution in [1.29, 1.82) is 0 Å². The Balaban J connectivity index is 0.981. The predicted octanol–water partition coefficient (Wildman–Crippen LogP) is 8.14. The average Bonchev–Trinajstić information content (AvgIpc) is 1.25. The molecule has 446 valence electrons. The van der Waals surface area contributed by atoms with Crippen molar-refractivity contribution in [3.05, 3.63) is 120 Å². The Bertz CT molecular complexity index is 3550. The van der Waals surface area contributed by atoms with Crippen molar-refractivity contribution in [3.63, 3.8) is 0 Å². The third-order valence-corrected chi connectivity index (χ3v) is 14.3. The first kappa shape index (κ1) is 61.9. The second-order valence-corrected chi connectivity index (χ2v) is 20.3. The number of carboxylic acids is 4. The highest BCUT2D eigenvalue weighted by Crippen LogP contribution is 2.42. The van der Waals surface area contributed by atoms with Gasteiger partial charge in [0.2, 0.25) is 35.7 Å². The highest BCUT2D eigenvalue weighted by atomic mass is 33.1. The number of nitrogens with zero attached hydrogens (tertiary/aromatic N) is 10. The van der Waals surface area contributed by atoms with Crippen LogP contribution in [0.3, 0.4) is 0 Å². The Morgan fingerprint density at radius 1 is 0.453 bits per heavy atom. The van der Waals surface area contributed by atoms with Crippen LogP contribution in [0, 0.1) is 0 Å². The molecular weight excluding hydrogens is 1160 g/mol. The second kappa shape index (κ2) is 30.4. The summed E-state index contributed by atoms with van der Waals surface area (Å²) in [5.74, 6) is -6.66. The van der Waals surface area contributed by atoms with Crippen LogP contribution in [0.25, 0.3) is 21.5 Å². The maximum absolute atomic E-state index is 12.8. The molecule has 0 radical (unpaired) electrons. The highest BCUT2D eigenvalue weighted by Gasteiger charge is 2.25. The van der Waals surface area contributed by atoms with Crippen molar-refractivity contribution < 1.29 is 69.5 Å². The number of anilines is 8. The van der Waals surface area contributed by atoms with Crippen molar-refractivity contribution in [1.82, 2.24) is 29.9 Å². The van der Waals surface area contributed by atoms with Gasteiger partial charge in [-0.25, -0.2) is 19.2 Å². The van der Waals surface area contributed by atoms with Gasteiger partial charge in [-0.3, -0.25) is 0 Å². The Kier molecular flexibility index (Phi) is 21.9. The molecule has 0 aliphatic carbocycles. The van der Waals surface area contributed by atoms with Crippen LogP contribution >= 0.6 is 21.6 Å². The average molecular weight is 1220 g/mol. The number of hydrogen-bond donors (Lipinski definition) is 14. The standard InChI is InChI=1S/C54H54N16O14S2/c71-21-25-83-23-19-55-49-61-51(57-35-13-5-7-29-15-17-37(43(73)41(29)35)69-67-33-11-3-1-9-31(33)45(75)76)65-53(63-49)59-39(47(79)80)27-85-86-28-40(48(81)82)60-54-64-50(56-20-24-84-26-22-72)62-52(66-54)58-36-14-6-8-30-16-18-38(44(74)42(30)36)70-68-34-12-4-2-10-32(34)46(77)78/h1-18,39-40,71-74H,19-28H2,(H,75,76)(H,77,78)(H,79,80)(H,81,82)(H3,55,57,59,61,63,65)(H3,56,58,60,62,64,66). The van der Waals surface area contributed by atoms with E-state index in [-0.39, 0.29) is 167 Å². The molecule has 8 rings (SSSR count). The van der Waals surface area contributed by atoms with Crippen LogP contribution in [-0.2, 0) is 19.1 Å². The minimum absolute atomic E-state index is 0.00934. The van der Waals surface area contributed by atoms with E-state index in [4.69, 9.17) is 19.7 Å². The molecule has 0 amide bonds. The SMILES string of the molecule is O=C(O)c1ccccc1N=Nc1ccc2cccc(Nc3nc(NCCOCCO)nc(NC(CSSCC(Nc4nc(NCCOCCO)nc(Nc5cccc6ccc(N=Nc7ccccc7C(=O)O)c(O)c56)n4)C(=O)O)C(=O)O)n3)c2c1O. The summed E-state index contributed by atoms with van der Waals surface area (Å²) < 4.78 is 10.7. The van der Waals surface area contributed by atoms with E-state index < -0.39 is 36.0 Å². The number of aromatic nitrogens is 6. The van der Waals surface area contributed by atoms with Crippen molar-refractivity contribution in [2.75, 3.05) is 96.1 Å². The van der Waals surface area contributed by atoms with E-state index >= 15 is 0 Å². The number of hydrogen-bond acceptors (Lipinski definition) is 28. The first-order valence-electron chi connectivity index (χ1n) is 25.8. The van der Waals surface area contributed by atoms with E-state index in [1.807, 2.05) is 0 Å². The number of nitrogens with one attached hydrogen (secondary N) is 6. The van der Waals surface area contributed by atoms with Crippen molar-refractivity contribution in [3.8, 4) is 11.5 Å². The van der Waals surface area contributed by atoms with Crippen LogP contribution in [0.15, 0.2) is 130 Å². The number of aliphatic hydroxyl groups is 2. The summed E-state index contributed by atoms with van der Waals surface area (Å²) in [6.07, 6.45) is 0. The Morgan fingerprint density at radius 3 is 1.23 bits per heavy atom. The molecule has 0 bridgehead atoms. The Morgan fingerprint density at radius 2 is 0.837 bits per heavy atom. The van der Waals surface area contributed by atoms with Crippen molar-refractivity contribution in [2.24, 2.45) is 20.5 Å². The fourth-order valence-corrected chi connectivity index (χ4v) is 10.2. The topological polar surface area (TPSA) is 448 Å². The smallest absolute Gasteiger partial charge is 0.337 e. The second-order valence-electron chi connectivity index (χ2n) is 17.7. The third kappa shape index (κ3) is 16.8. The lowest BCUT2D eigenvalue weighted by Crippen LogP contribution is -2.34. The molecule has 0 spiro atoms. The first-order valence-corrected chi connectivity index (χ1v) is 28.3. The summed E-state index contributed by atoms with van der Waals surface area (Å²) in [4.78, 5) is 75.6. The number of azo groups is 2.